The van der Waals surface area contributed by atoms with E-state index < -0.39 is 24.4 Å². The first-order chi connectivity index (χ1) is 7.07. The highest BCUT2D eigenvalue weighted by Crippen LogP contribution is 2.17. The number of hydrogen-bond donors (Lipinski definition) is 2. The van der Waals surface area contributed by atoms with Crippen molar-refractivity contribution in [2.24, 2.45) is 5.73 Å². The van der Waals surface area contributed by atoms with Crippen molar-refractivity contribution < 1.29 is 14.3 Å². The van der Waals surface area contributed by atoms with Gasteiger partial charge in [-0.15, -0.1) is 0 Å². The van der Waals surface area contributed by atoms with Crippen molar-refractivity contribution in [2.75, 3.05) is 18.6 Å². The highest BCUT2D eigenvalue weighted by molar-refractivity contribution is 5.96. The van der Waals surface area contributed by atoms with E-state index in [1.54, 1.807) is 6.07 Å². The molecule has 0 spiro atoms. The second kappa shape index (κ2) is 4.86. The number of benzene rings is 1. The van der Waals surface area contributed by atoms with Crippen LogP contribution in [0.2, 0.25) is 0 Å². The summed E-state index contributed by atoms with van der Waals surface area (Å²) in [7, 11) is 1.41. The number of carbonyl (C=O) groups is 1. The molecule has 1 aromatic rings. The topological polar surface area (TPSA) is 66.6 Å². The lowest BCUT2D eigenvalue weighted by atomic mass is 10.2. The molecule has 0 bridgehead atoms. The maximum absolute atomic E-state index is 13.3. The van der Waals surface area contributed by atoms with E-state index in [1.807, 2.05) is 0 Å². The van der Waals surface area contributed by atoms with Gasteiger partial charge in [0.05, 0.1) is 12.3 Å². The van der Waals surface area contributed by atoms with E-state index in [-0.39, 0.29) is 5.69 Å². The molecule has 0 aromatic heterocycles. The van der Waals surface area contributed by atoms with Crippen LogP contribution in [0.4, 0.5) is 10.1 Å². The predicted molar refractivity (Wildman–Crippen MR) is 54.9 cm³/mol. The van der Waals surface area contributed by atoms with Gasteiger partial charge in [0.2, 0.25) is 5.91 Å². The van der Waals surface area contributed by atoms with Crippen LogP contribution in [0, 0.1) is 5.82 Å². The van der Waals surface area contributed by atoms with E-state index >= 15 is 0 Å². The summed E-state index contributed by atoms with van der Waals surface area (Å²) in [6, 6.07) is 4.85. The number of aliphatic hydroxyl groups excluding tert-OH is 1. The molecular weight excluding hydrogens is 199 g/mol. The van der Waals surface area contributed by atoms with Crippen molar-refractivity contribution in [3.63, 3.8) is 0 Å². The number of nitrogens with two attached hydrogens (primary N) is 1. The molecule has 1 atom stereocenters. The zero-order chi connectivity index (χ0) is 11.4. The summed E-state index contributed by atoms with van der Waals surface area (Å²) < 4.78 is 13.3. The molecule has 1 rings (SSSR count). The van der Waals surface area contributed by atoms with Gasteiger partial charge in [-0.05, 0) is 12.1 Å². The molecule has 0 saturated carbocycles. The molecule has 0 heterocycles. The Morgan fingerprint density at radius 3 is 2.73 bits per heavy atom. The van der Waals surface area contributed by atoms with Crippen molar-refractivity contribution in [2.45, 2.75) is 6.04 Å². The Labute approximate surface area is 87.1 Å². The molecule has 0 radical (unpaired) electrons. The van der Waals surface area contributed by atoms with Gasteiger partial charge < -0.3 is 15.7 Å². The number of carbonyl (C=O) groups excluding carboxylic acids is 1. The first kappa shape index (κ1) is 11.6. The molecule has 1 aromatic carbocycles. The van der Waals surface area contributed by atoms with Gasteiger partial charge in [-0.3, -0.25) is 4.79 Å². The SMILES string of the molecule is CN(C(=O)C(N)CO)c1ccccc1F. The third kappa shape index (κ3) is 2.51. The fourth-order valence-electron chi connectivity index (χ4n) is 1.17. The summed E-state index contributed by atoms with van der Waals surface area (Å²) in [5.74, 6) is -1.03. The van der Waals surface area contributed by atoms with Crippen molar-refractivity contribution in [3.05, 3.63) is 30.1 Å². The monoisotopic (exact) mass is 212 g/mol. The van der Waals surface area contributed by atoms with Crippen molar-refractivity contribution in [3.8, 4) is 0 Å². The maximum atomic E-state index is 13.3. The molecule has 5 heteroatoms. The molecule has 0 aliphatic carbocycles. The molecule has 1 unspecified atom stereocenters. The van der Waals surface area contributed by atoms with Gasteiger partial charge in [-0.25, -0.2) is 4.39 Å². The van der Waals surface area contributed by atoms with E-state index in [2.05, 4.69) is 0 Å². The van der Waals surface area contributed by atoms with Gasteiger partial charge in [0.25, 0.3) is 0 Å². The number of aliphatic hydroxyl groups is 1. The minimum atomic E-state index is -1.02. The Morgan fingerprint density at radius 2 is 2.20 bits per heavy atom. The van der Waals surface area contributed by atoms with E-state index in [4.69, 9.17) is 10.8 Å². The van der Waals surface area contributed by atoms with Crippen LogP contribution in [0.5, 0.6) is 0 Å². The fraction of sp³-hybridized carbons (Fsp3) is 0.300. The Kier molecular flexibility index (Phi) is 3.76. The molecule has 1 amide bonds. The van der Waals surface area contributed by atoms with E-state index in [9.17, 15) is 9.18 Å². The lowest BCUT2D eigenvalue weighted by Crippen LogP contribution is -2.44. The molecule has 3 N–H and O–H groups in total. The number of anilines is 1. The summed E-state index contributed by atoms with van der Waals surface area (Å²) in [5.41, 5.74) is 5.49. The van der Waals surface area contributed by atoms with E-state index in [0.29, 0.717) is 0 Å². The van der Waals surface area contributed by atoms with Gasteiger partial charge in [0.1, 0.15) is 11.9 Å². The van der Waals surface area contributed by atoms with Crippen LogP contribution < -0.4 is 10.6 Å². The predicted octanol–water partition coefficient (Wildman–Crippen LogP) is 0.108. The largest absolute Gasteiger partial charge is 0.394 e. The van der Waals surface area contributed by atoms with Crippen LogP contribution in [0.25, 0.3) is 0 Å². The molecule has 0 saturated heterocycles. The van der Waals surface area contributed by atoms with Crippen molar-refractivity contribution in [1.29, 1.82) is 0 Å². The Bertz CT molecular complexity index is 357. The lowest BCUT2D eigenvalue weighted by molar-refractivity contribution is -0.120. The normalized spacial score (nSPS) is 12.3. The summed E-state index contributed by atoms with van der Waals surface area (Å²) >= 11 is 0. The lowest BCUT2D eigenvalue weighted by Gasteiger charge is -2.20. The average Bonchev–Trinajstić information content (AvgIpc) is 2.26. The molecule has 82 valence electrons. The van der Waals surface area contributed by atoms with Crippen LogP contribution in [0.3, 0.4) is 0 Å². The number of hydrogen-bond acceptors (Lipinski definition) is 3. The standard InChI is InChI=1S/C10H13FN2O2/c1-13(10(15)8(12)6-14)9-5-3-2-4-7(9)11/h2-5,8,14H,6,12H2,1H3. The zero-order valence-corrected chi connectivity index (χ0v) is 8.35. The van der Waals surface area contributed by atoms with Gasteiger partial charge in [0.15, 0.2) is 0 Å². The molecule has 0 fully saturated rings. The third-order valence-electron chi connectivity index (χ3n) is 2.06. The summed E-state index contributed by atoms with van der Waals surface area (Å²) in [6.07, 6.45) is 0. The number of halogens is 1. The van der Waals surface area contributed by atoms with Crippen LogP contribution >= 0.6 is 0 Å². The highest BCUT2D eigenvalue weighted by Gasteiger charge is 2.20. The second-order valence-electron chi connectivity index (χ2n) is 3.14. The van der Waals surface area contributed by atoms with Gasteiger partial charge >= 0.3 is 0 Å². The van der Waals surface area contributed by atoms with Crippen molar-refractivity contribution >= 4 is 11.6 Å². The average molecular weight is 212 g/mol. The molecule has 4 nitrogen and oxygen atoms in total. The van der Waals surface area contributed by atoms with Crippen LogP contribution in [-0.2, 0) is 4.79 Å². The van der Waals surface area contributed by atoms with Crippen molar-refractivity contribution in [1.82, 2.24) is 0 Å². The van der Waals surface area contributed by atoms with Gasteiger partial charge in [0, 0.05) is 7.05 Å². The maximum Gasteiger partial charge on any atom is 0.246 e. The number of para-hydroxylation sites is 1. The minimum absolute atomic E-state index is 0.145. The van der Waals surface area contributed by atoms with Gasteiger partial charge in [-0.1, -0.05) is 12.1 Å². The summed E-state index contributed by atoms with van der Waals surface area (Å²) in [5, 5.41) is 8.70. The third-order valence-corrected chi connectivity index (χ3v) is 2.06. The molecular formula is C10H13FN2O2. The number of amides is 1. The number of rotatable bonds is 3. The Balaban J connectivity index is 2.90. The Hall–Kier alpha value is -1.46. The molecule has 0 aliphatic rings. The number of nitrogens with zero attached hydrogens (tertiary/aromatic N) is 1. The Morgan fingerprint density at radius 1 is 1.60 bits per heavy atom. The first-order valence-electron chi connectivity index (χ1n) is 4.46. The van der Waals surface area contributed by atoms with E-state index in [0.717, 1.165) is 4.90 Å². The summed E-state index contributed by atoms with van der Waals surface area (Å²) in [4.78, 5) is 12.6. The number of likely N-dealkylation sites (N-methyl/N-ethyl adjacent to an activating group) is 1. The zero-order valence-electron chi connectivity index (χ0n) is 8.35. The minimum Gasteiger partial charge on any atom is -0.394 e. The van der Waals surface area contributed by atoms with Crippen LogP contribution in [-0.4, -0.2) is 30.7 Å². The summed E-state index contributed by atoms with van der Waals surface area (Å²) in [6.45, 7) is -0.461. The van der Waals surface area contributed by atoms with E-state index in [1.165, 1.54) is 25.2 Å². The highest BCUT2D eigenvalue weighted by atomic mass is 19.1. The fourth-order valence-corrected chi connectivity index (χ4v) is 1.17. The molecule has 15 heavy (non-hydrogen) atoms. The van der Waals surface area contributed by atoms with Crippen LogP contribution in [0.1, 0.15) is 0 Å². The van der Waals surface area contributed by atoms with Gasteiger partial charge in [-0.2, -0.15) is 0 Å². The second-order valence-corrected chi connectivity index (χ2v) is 3.14. The van der Waals surface area contributed by atoms with Crippen LogP contribution in [0.15, 0.2) is 24.3 Å². The quantitative estimate of drug-likeness (QED) is 0.747. The smallest absolute Gasteiger partial charge is 0.246 e. The molecule has 0 aliphatic heterocycles. The first-order valence-corrected chi connectivity index (χ1v) is 4.46.